The molecule has 0 saturated heterocycles. The molecule has 3 rings (SSSR count). The molecule has 2 aromatic rings. The number of hydrogen-bond acceptors (Lipinski definition) is 3. The Kier molecular flexibility index (Phi) is 4.51. The van der Waals surface area contributed by atoms with Gasteiger partial charge in [-0.1, -0.05) is 31.7 Å². The first-order valence-corrected chi connectivity index (χ1v) is 8.44. The van der Waals surface area contributed by atoms with Crippen molar-refractivity contribution >= 4 is 5.69 Å². The normalized spacial score (nSPS) is 15.6. The van der Waals surface area contributed by atoms with Crippen molar-refractivity contribution in [2.45, 2.75) is 58.9 Å². The van der Waals surface area contributed by atoms with Gasteiger partial charge in [0.05, 0.1) is 5.69 Å². The molecule has 3 nitrogen and oxygen atoms in total. The molecule has 0 aliphatic heterocycles. The number of anilines is 1. The van der Waals surface area contributed by atoms with Crippen LogP contribution in [0.5, 0.6) is 0 Å². The fourth-order valence-electron chi connectivity index (χ4n) is 3.34. The second kappa shape index (κ2) is 6.55. The van der Waals surface area contributed by atoms with E-state index < -0.39 is 0 Å². The Morgan fingerprint density at radius 3 is 2.68 bits per heavy atom. The van der Waals surface area contributed by atoms with Gasteiger partial charge in [-0.3, -0.25) is 0 Å². The molecule has 1 aromatic carbocycles. The topological polar surface area (TPSA) is 38.1 Å². The van der Waals surface area contributed by atoms with Gasteiger partial charge in [0.15, 0.2) is 0 Å². The molecule has 0 radical (unpaired) electrons. The lowest BCUT2D eigenvalue weighted by atomic mass is 9.95. The van der Waals surface area contributed by atoms with E-state index in [4.69, 9.17) is 4.42 Å². The van der Waals surface area contributed by atoms with Crippen LogP contribution in [-0.4, -0.2) is 11.0 Å². The van der Waals surface area contributed by atoms with Crippen LogP contribution in [0.1, 0.15) is 50.8 Å². The van der Waals surface area contributed by atoms with Crippen molar-refractivity contribution in [3.63, 3.8) is 0 Å². The maximum Gasteiger partial charge on any atom is 0.226 e. The molecule has 1 fully saturated rings. The average Bonchev–Trinajstić information content (AvgIpc) is 3.12. The quantitative estimate of drug-likeness (QED) is 0.824. The van der Waals surface area contributed by atoms with E-state index in [1.165, 1.54) is 43.4 Å². The van der Waals surface area contributed by atoms with Gasteiger partial charge in [-0.25, -0.2) is 4.98 Å². The van der Waals surface area contributed by atoms with Crippen molar-refractivity contribution in [1.82, 2.24) is 4.98 Å². The highest BCUT2D eigenvalue weighted by atomic mass is 16.3. The largest absolute Gasteiger partial charge is 0.444 e. The van der Waals surface area contributed by atoms with Gasteiger partial charge in [0.25, 0.3) is 0 Å². The molecule has 0 atom stereocenters. The molecule has 1 aromatic heterocycles. The van der Waals surface area contributed by atoms with Gasteiger partial charge in [0, 0.05) is 17.3 Å². The second-order valence-corrected chi connectivity index (χ2v) is 6.82. The predicted octanol–water partition coefficient (Wildman–Crippen LogP) is 5.20. The van der Waals surface area contributed by atoms with Crippen LogP contribution in [0.4, 0.5) is 5.69 Å². The van der Waals surface area contributed by atoms with E-state index in [1.807, 2.05) is 6.92 Å². The highest BCUT2D eigenvalue weighted by Gasteiger charge is 2.18. The average molecular weight is 298 g/mol. The number of aryl methyl sites for hydroxylation is 1. The number of rotatable bonds is 5. The summed E-state index contributed by atoms with van der Waals surface area (Å²) in [5, 5.41) is 3.59. The van der Waals surface area contributed by atoms with E-state index in [1.54, 1.807) is 6.26 Å². The van der Waals surface area contributed by atoms with Crippen molar-refractivity contribution in [3.05, 3.63) is 35.7 Å². The van der Waals surface area contributed by atoms with Gasteiger partial charge in [-0.2, -0.15) is 0 Å². The molecular formula is C19H26N2O. The third-order valence-electron chi connectivity index (χ3n) is 4.40. The lowest BCUT2D eigenvalue weighted by Crippen LogP contribution is -2.13. The first-order valence-electron chi connectivity index (χ1n) is 8.44. The summed E-state index contributed by atoms with van der Waals surface area (Å²) in [7, 11) is 0. The number of hydrogen-bond donors (Lipinski definition) is 1. The van der Waals surface area contributed by atoms with Gasteiger partial charge < -0.3 is 9.73 Å². The SMILES string of the molecule is Cc1coc(-c2ccc(CC3CCCC3)c(NC(C)C)c2)n1. The van der Waals surface area contributed by atoms with Crippen LogP contribution in [0.25, 0.3) is 11.5 Å². The van der Waals surface area contributed by atoms with E-state index in [2.05, 4.69) is 42.3 Å². The van der Waals surface area contributed by atoms with Crippen molar-refractivity contribution in [1.29, 1.82) is 0 Å². The Hall–Kier alpha value is -1.77. The summed E-state index contributed by atoms with van der Waals surface area (Å²) in [6, 6.07) is 7.00. The highest BCUT2D eigenvalue weighted by Crippen LogP contribution is 2.32. The lowest BCUT2D eigenvalue weighted by molar-refractivity contribution is 0.546. The van der Waals surface area contributed by atoms with Gasteiger partial charge in [0.1, 0.15) is 6.26 Å². The summed E-state index contributed by atoms with van der Waals surface area (Å²) in [5.41, 5.74) is 4.62. The summed E-state index contributed by atoms with van der Waals surface area (Å²) >= 11 is 0. The molecule has 118 valence electrons. The van der Waals surface area contributed by atoms with Crippen molar-refractivity contribution in [2.75, 3.05) is 5.32 Å². The Balaban J connectivity index is 1.88. The predicted molar refractivity (Wildman–Crippen MR) is 91.1 cm³/mol. The van der Waals surface area contributed by atoms with Gasteiger partial charge >= 0.3 is 0 Å². The van der Waals surface area contributed by atoms with Crippen LogP contribution in [0.3, 0.4) is 0 Å². The van der Waals surface area contributed by atoms with Crippen molar-refractivity contribution in [3.8, 4) is 11.5 Å². The third-order valence-corrected chi connectivity index (χ3v) is 4.40. The minimum absolute atomic E-state index is 0.420. The summed E-state index contributed by atoms with van der Waals surface area (Å²) in [6.07, 6.45) is 8.43. The van der Waals surface area contributed by atoms with E-state index in [-0.39, 0.29) is 0 Å². The van der Waals surface area contributed by atoms with Crippen LogP contribution < -0.4 is 5.32 Å². The summed E-state index contributed by atoms with van der Waals surface area (Å²) in [6.45, 7) is 6.32. The molecule has 0 amide bonds. The fourth-order valence-corrected chi connectivity index (χ4v) is 3.34. The number of nitrogens with one attached hydrogen (secondary N) is 1. The summed E-state index contributed by atoms with van der Waals surface area (Å²) < 4.78 is 5.54. The molecule has 0 spiro atoms. The van der Waals surface area contributed by atoms with Gasteiger partial charge in [-0.15, -0.1) is 0 Å². The van der Waals surface area contributed by atoms with Crippen LogP contribution in [0.15, 0.2) is 28.9 Å². The van der Waals surface area contributed by atoms with E-state index in [9.17, 15) is 0 Å². The van der Waals surface area contributed by atoms with Crippen LogP contribution in [-0.2, 0) is 6.42 Å². The van der Waals surface area contributed by atoms with E-state index in [0.29, 0.717) is 11.9 Å². The second-order valence-electron chi connectivity index (χ2n) is 6.82. The minimum atomic E-state index is 0.420. The molecule has 1 saturated carbocycles. The maximum atomic E-state index is 5.54. The summed E-state index contributed by atoms with van der Waals surface area (Å²) in [4.78, 5) is 4.44. The third kappa shape index (κ3) is 3.52. The zero-order chi connectivity index (χ0) is 15.5. The zero-order valence-electron chi connectivity index (χ0n) is 13.9. The van der Waals surface area contributed by atoms with Crippen molar-refractivity contribution in [2.24, 2.45) is 5.92 Å². The number of benzene rings is 1. The molecule has 1 aliphatic carbocycles. The number of aromatic nitrogens is 1. The van der Waals surface area contributed by atoms with Gasteiger partial charge in [-0.05, 0) is 50.8 Å². The molecule has 1 aliphatic rings. The Morgan fingerprint density at radius 2 is 2.05 bits per heavy atom. The lowest BCUT2D eigenvalue weighted by Gasteiger charge is -2.18. The van der Waals surface area contributed by atoms with Crippen LogP contribution >= 0.6 is 0 Å². The maximum absolute atomic E-state index is 5.54. The molecule has 1 heterocycles. The molecule has 3 heteroatoms. The smallest absolute Gasteiger partial charge is 0.226 e. The Morgan fingerprint density at radius 1 is 1.27 bits per heavy atom. The highest BCUT2D eigenvalue weighted by molar-refractivity contribution is 5.65. The van der Waals surface area contributed by atoms with Crippen LogP contribution in [0.2, 0.25) is 0 Å². The van der Waals surface area contributed by atoms with Gasteiger partial charge in [0.2, 0.25) is 5.89 Å². The molecule has 22 heavy (non-hydrogen) atoms. The molecule has 0 unspecified atom stereocenters. The van der Waals surface area contributed by atoms with E-state index in [0.717, 1.165) is 17.2 Å². The molecular weight excluding hydrogens is 272 g/mol. The van der Waals surface area contributed by atoms with E-state index >= 15 is 0 Å². The Labute approximate surface area is 133 Å². The van der Waals surface area contributed by atoms with Crippen molar-refractivity contribution < 1.29 is 4.42 Å². The fraction of sp³-hybridized carbons (Fsp3) is 0.526. The molecule has 1 N–H and O–H groups in total. The standard InChI is InChI=1S/C19H26N2O/c1-13(2)20-18-11-17(19-21-14(3)12-22-19)9-8-16(18)10-15-6-4-5-7-15/h8-9,11-13,15,20H,4-7,10H2,1-3H3. The van der Waals surface area contributed by atoms with Crippen LogP contribution in [0, 0.1) is 12.8 Å². The number of oxazole rings is 1. The Bertz CT molecular complexity index is 624. The molecule has 0 bridgehead atoms. The zero-order valence-corrected chi connectivity index (χ0v) is 13.9. The first-order chi connectivity index (χ1) is 10.6. The summed E-state index contributed by atoms with van der Waals surface area (Å²) in [5.74, 6) is 1.55. The monoisotopic (exact) mass is 298 g/mol. The first kappa shape index (κ1) is 15.1. The minimum Gasteiger partial charge on any atom is -0.444 e. The number of nitrogens with zero attached hydrogens (tertiary/aromatic N) is 1.